The molecule has 0 saturated carbocycles. The number of carbonyl (C=O) groups is 1. The van der Waals surface area contributed by atoms with Crippen molar-refractivity contribution in [2.24, 2.45) is 0 Å². The van der Waals surface area contributed by atoms with E-state index < -0.39 is 0 Å². The highest BCUT2D eigenvalue weighted by atomic mass is 16.5. The van der Waals surface area contributed by atoms with Gasteiger partial charge in [0.2, 0.25) is 5.91 Å². The number of benzene rings is 2. The maximum absolute atomic E-state index is 12.5. The summed E-state index contributed by atoms with van der Waals surface area (Å²) in [5, 5.41) is 4.14. The van der Waals surface area contributed by atoms with E-state index in [-0.39, 0.29) is 11.8 Å². The van der Waals surface area contributed by atoms with Gasteiger partial charge in [0.1, 0.15) is 5.75 Å². The van der Waals surface area contributed by atoms with Gasteiger partial charge in [0.15, 0.2) is 5.82 Å². The fourth-order valence-corrected chi connectivity index (χ4v) is 3.51. The minimum Gasteiger partial charge on any atom is -0.497 e. The zero-order valence-electron chi connectivity index (χ0n) is 15.6. The Morgan fingerprint density at radius 3 is 2.48 bits per heavy atom. The lowest BCUT2D eigenvalue weighted by Gasteiger charge is -2.16. The zero-order valence-corrected chi connectivity index (χ0v) is 15.6. The third-order valence-corrected chi connectivity index (χ3v) is 4.78. The van der Waals surface area contributed by atoms with Crippen LogP contribution in [0.25, 0.3) is 11.5 Å². The van der Waals surface area contributed by atoms with Crippen LogP contribution in [0.15, 0.2) is 47.0 Å². The molecule has 1 saturated heterocycles. The third kappa shape index (κ3) is 3.43. The number of nitrogens with zero attached hydrogens (tertiary/aromatic N) is 3. The van der Waals surface area contributed by atoms with Crippen molar-refractivity contribution in [2.75, 3.05) is 18.6 Å². The number of carbonyl (C=O) groups excluding carboxylic acids is 1. The molecule has 138 valence electrons. The van der Waals surface area contributed by atoms with Crippen molar-refractivity contribution in [3.63, 3.8) is 0 Å². The number of amides is 1. The summed E-state index contributed by atoms with van der Waals surface area (Å²) >= 11 is 0. The van der Waals surface area contributed by atoms with Gasteiger partial charge in [-0.15, -0.1) is 0 Å². The monoisotopic (exact) mass is 363 g/mol. The van der Waals surface area contributed by atoms with Crippen LogP contribution >= 0.6 is 0 Å². The largest absolute Gasteiger partial charge is 0.497 e. The van der Waals surface area contributed by atoms with E-state index in [0.717, 1.165) is 28.1 Å². The molecular weight excluding hydrogens is 342 g/mol. The number of anilines is 1. The third-order valence-electron chi connectivity index (χ3n) is 4.78. The quantitative estimate of drug-likeness (QED) is 0.703. The van der Waals surface area contributed by atoms with Crippen LogP contribution < -0.4 is 9.64 Å². The molecule has 3 aromatic rings. The summed E-state index contributed by atoms with van der Waals surface area (Å²) in [7, 11) is 1.62. The Labute approximate surface area is 157 Å². The lowest BCUT2D eigenvalue weighted by atomic mass is 10.1. The van der Waals surface area contributed by atoms with Gasteiger partial charge in [0.25, 0.3) is 5.89 Å². The van der Waals surface area contributed by atoms with Crippen LogP contribution in [-0.4, -0.2) is 29.7 Å². The van der Waals surface area contributed by atoms with Gasteiger partial charge >= 0.3 is 0 Å². The first-order chi connectivity index (χ1) is 13.0. The second-order valence-electron chi connectivity index (χ2n) is 6.94. The molecule has 0 radical (unpaired) electrons. The molecule has 4 rings (SSSR count). The van der Waals surface area contributed by atoms with Crippen molar-refractivity contribution >= 4 is 11.6 Å². The van der Waals surface area contributed by atoms with Crippen molar-refractivity contribution in [2.45, 2.75) is 26.2 Å². The lowest BCUT2D eigenvalue weighted by Crippen LogP contribution is -2.24. The number of hydrogen-bond donors (Lipinski definition) is 0. The molecule has 1 amide bonds. The summed E-state index contributed by atoms with van der Waals surface area (Å²) < 4.78 is 10.6. The van der Waals surface area contributed by atoms with E-state index in [4.69, 9.17) is 9.26 Å². The van der Waals surface area contributed by atoms with Gasteiger partial charge in [-0.05, 0) is 50.2 Å². The molecule has 1 atom stereocenters. The molecule has 6 nitrogen and oxygen atoms in total. The van der Waals surface area contributed by atoms with Crippen molar-refractivity contribution in [1.29, 1.82) is 0 Å². The second-order valence-corrected chi connectivity index (χ2v) is 6.94. The minimum atomic E-state index is -0.0805. The van der Waals surface area contributed by atoms with Gasteiger partial charge in [-0.2, -0.15) is 4.98 Å². The molecule has 1 aromatic heterocycles. The van der Waals surface area contributed by atoms with Gasteiger partial charge < -0.3 is 14.2 Å². The van der Waals surface area contributed by atoms with E-state index in [1.165, 1.54) is 0 Å². The van der Waals surface area contributed by atoms with Crippen LogP contribution in [0.4, 0.5) is 5.69 Å². The summed E-state index contributed by atoms with van der Waals surface area (Å²) in [6.45, 7) is 4.61. The first kappa shape index (κ1) is 17.3. The van der Waals surface area contributed by atoms with E-state index in [9.17, 15) is 4.79 Å². The predicted molar refractivity (Wildman–Crippen MR) is 102 cm³/mol. The summed E-state index contributed by atoms with van der Waals surface area (Å²) in [4.78, 5) is 18.8. The fourth-order valence-electron chi connectivity index (χ4n) is 3.51. The lowest BCUT2D eigenvalue weighted by molar-refractivity contribution is -0.117. The van der Waals surface area contributed by atoms with Gasteiger partial charge in [-0.3, -0.25) is 4.79 Å². The summed E-state index contributed by atoms with van der Waals surface area (Å²) in [6.07, 6.45) is 0.373. The van der Waals surface area contributed by atoms with Crippen LogP contribution in [0.2, 0.25) is 0 Å². The molecule has 0 aliphatic carbocycles. The zero-order chi connectivity index (χ0) is 19.0. The number of methoxy groups -OCH3 is 1. The van der Waals surface area contributed by atoms with Crippen LogP contribution in [0.5, 0.6) is 5.75 Å². The Bertz CT molecular complexity index is 958. The highest BCUT2D eigenvalue weighted by Crippen LogP contribution is 2.32. The number of ether oxygens (including phenoxy) is 1. The van der Waals surface area contributed by atoms with Crippen molar-refractivity contribution in [3.8, 4) is 17.2 Å². The summed E-state index contributed by atoms with van der Waals surface area (Å²) in [6, 6.07) is 13.6. The topological polar surface area (TPSA) is 68.5 Å². The molecule has 2 aromatic carbocycles. The Balaban J connectivity index is 1.54. The standard InChI is InChI=1S/C21H21N3O3/c1-13-8-14(2)10-15(9-13)21-22-20(23-27-21)16-11-19(25)24(12-16)17-4-6-18(26-3)7-5-17/h4-10,16H,11-12H2,1-3H3. The van der Waals surface area contributed by atoms with E-state index in [0.29, 0.717) is 24.7 Å². The molecule has 0 N–H and O–H groups in total. The number of aromatic nitrogens is 2. The molecule has 0 spiro atoms. The minimum absolute atomic E-state index is 0.0583. The first-order valence-electron chi connectivity index (χ1n) is 8.90. The van der Waals surface area contributed by atoms with Crippen LogP contribution in [0.3, 0.4) is 0 Å². The SMILES string of the molecule is COc1ccc(N2CC(c3noc(-c4cc(C)cc(C)c4)n3)CC2=O)cc1. The Kier molecular flexibility index (Phi) is 4.39. The van der Waals surface area contributed by atoms with Crippen molar-refractivity contribution in [3.05, 3.63) is 59.4 Å². The molecule has 1 unspecified atom stereocenters. The van der Waals surface area contributed by atoms with Crippen LogP contribution in [-0.2, 0) is 4.79 Å². The van der Waals surface area contributed by atoms with E-state index in [2.05, 4.69) is 16.2 Å². The van der Waals surface area contributed by atoms with E-state index in [1.54, 1.807) is 12.0 Å². The van der Waals surface area contributed by atoms with Crippen LogP contribution in [0.1, 0.15) is 29.3 Å². The second kappa shape index (κ2) is 6.87. The summed E-state index contributed by atoms with van der Waals surface area (Å²) in [5.41, 5.74) is 4.04. The molecular formula is C21H21N3O3. The van der Waals surface area contributed by atoms with Gasteiger partial charge in [0.05, 0.1) is 7.11 Å². The fraction of sp³-hybridized carbons (Fsp3) is 0.286. The molecule has 1 aliphatic heterocycles. The molecule has 0 bridgehead atoms. The van der Waals surface area contributed by atoms with Gasteiger partial charge in [0, 0.05) is 30.1 Å². The van der Waals surface area contributed by atoms with Crippen molar-refractivity contribution in [1.82, 2.24) is 10.1 Å². The maximum Gasteiger partial charge on any atom is 0.257 e. The average Bonchev–Trinajstić information content (AvgIpc) is 3.28. The Morgan fingerprint density at radius 2 is 1.81 bits per heavy atom. The van der Waals surface area contributed by atoms with Crippen LogP contribution in [0, 0.1) is 13.8 Å². The maximum atomic E-state index is 12.5. The smallest absolute Gasteiger partial charge is 0.257 e. The molecule has 1 aliphatic rings. The van der Waals surface area contributed by atoms with Gasteiger partial charge in [-0.25, -0.2) is 0 Å². The highest BCUT2D eigenvalue weighted by Gasteiger charge is 2.34. The number of hydrogen-bond acceptors (Lipinski definition) is 5. The molecule has 1 fully saturated rings. The van der Waals surface area contributed by atoms with E-state index in [1.807, 2.05) is 50.2 Å². The average molecular weight is 363 g/mol. The van der Waals surface area contributed by atoms with Crippen molar-refractivity contribution < 1.29 is 14.1 Å². The number of aryl methyl sites for hydroxylation is 2. The normalized spacial score (nSPS) is 16.8. The Hall–Kier alpha value is -3.15. The van der Waals surface area contributed by atoms with Gasteiger partial charge in [-0.1, -0.05) is 22.3 Å². The molecule has 6 heteroatoms. The summed E-state index contributed by atoms with van der Waals surface area (Å²) in [5.74, 6) is 1.81. The first-order valence-corrected chi connectivity index (χ1v) is 8.90. The Morgan fingerprint density at radius 1 is 1.11 bits per heavy atom. The highest BCUT2D eigenvalue weighted by molar-refractivity contribution is 5.96. The number of rotatable bonds is 4. The predicted octanol–water partition coefficient (Wildman–Crippen LogP) is 3.88. The molecule has 2 heterocycles. The van der Waals surface area contributed by atoms with E-state index >= 15 is 0 Å². The molecule has 27 heavy (non-hydrogen) atoms.